The van der Waals surface area contributed by atoms with E-state index in [1.165, 1.54) is 6.07 Å². The van der Waals surface area contributed by atoms with Crippen LogP contribution in [0.2, 0.25) is 10.0 Å². The van der Waals surface area contributed by atoms with Crippen molar-refractivity contribution in [2.75, 3.05) is 11.1 Å². The quantitative estimate of drug-likeness (QED) is 0.733. The van der Waals surface area contributed by atoms with Crippen molar-refractivity contribution < 1.29 is 13.2 Å². The summed E-state index contributed by atoms with van der Waals surface area (Å²) in [5.41, 5.74) is 5.45. The zero-order chi connectivity index (χ0) is 14.9. The molecule has 2 nitrogen and oxygen atoms in total. The van der Waals surface area contributed by atoms with E-state index in [4.69, 9.17) is 28.9 Å². The molecule has 0 saturated heterocycles. The van der Waals surface area contributed by atoms with E-state index in [-0.39, 0.29) is 5.69 Å². The van der Waals surface area contributed by atoms with E-state index in [1.54, 1.807) is 18.2 Å². The number of hydrogen-bond donors (Lipinski definition) is 2. The maximum Gasteiger partial charge on any atom is 0.416 e. The van der Waals surface area contributed by atoms with Crippen LogP contribution in [0.5, 0.6) is 0 Å². The van der Waals surface area contributed by atoms with Crippen molar-refractivity contribution in [2.24, 2.45) is 0 Å². The molecule has 0 fully saturated rings. The van der Waals surface area contributed by atoms with Crippen LogP contribution in [-0.4, -0.2) is 0 Å². The third kappa shape index (κ3) is 3.11. The van der Waals surface area contributed by atoms with Gasteiger partial charge in [0.05, 0.1) is 32.7 Å². The van der Waals surface area contributed by atoms with E-state index >= 15 is 0 Å². The maximum atomic E-state index is 12.5. The minimum Gasteiger partial charge on any atom is -0.397 e. The maximum absolute atomic E-state index is 12.5. The zero-order valence-corrected chi connectivity index (χ0v) is 11.4. The van der Waals surface area contributed by atoms with Gasteiger partial charge in [-0.15, -0.1) is 0 Å². The Hall–Kier alpha value is -1.59. The van der Waals surface area contributed by atoms with Crippen LogP contribution in [0.4, 0.5) is 30.2 Å². The first-order chi connectivity index (χ1) is 9.29. The summed E-state index contributed by atoms with van der Waals surface area (Å²) >= 11 is 11.9. The topological polar surface area (TPSA) is 38.0 Å². The minimum atomic E-state index is -4.44. The van der Waals surface area contributed by atoms with Crippen molar-refractivity contribution in [2.45, 2.75) is 6.18 Å². The zero-order valence-electron chi connectivity index (χ0n) is 9.93. The standard InChI is InChI=1S/C13H9Cl2F3N2/c14-8-2-1-3-9(15)12(8)20-11-5-4-7(6-10(11)19)13(16,17)18/h1-6,20H,19H2. The number of para-hydroxylation sites is 1. The molecule has 0 aliphatic carbocycles. The second-order valence-corrected chi connectivity index (χ2v) is 4.84. The summed E-state index contributed by atoms with van der Waals surface area (Å²) in [6, 6.07) is 7.90. The number of nitrogens with one attached hydrogen (secondary N) is 1. The SMILES string of the molecule is Nc1cc(C(F)(F)F)ccc1Nc1c(Cl)cccc1Cl. The number of halogens is 5. The van der Waals surface area contributed by atoms with Crippen molar-refractivity contribution in [3.05, 3.63) is 52.0 Å². The van der Waals surface area contributed by atoms with Gasteiger partial charge in [0.2, 0.25) is 0 Å². The predicted molar refractivity (Wildman–Crippen MR) is 75.6 cm³/mol. The molecule has 0 aliphatic rings. The van der Waals surface area contributed by atoms with E-state index in [1.807, 2.05) is 0 Å². The first kappa shape index (κ1) is 14.8. The van der Waals surface area contributed by atoms with Crippen LogP contribution in [0.3, 0.4) is 0 Å². The number of hydrogen-bond acceptors (Lipinski definition) is 2. The van der Waals surface area contributed by atoms with Crippen molar-refractivity contribution >= 4 is 40.3 Å². The second kappa shape index (κ2) is 5.42. The Morgan fingerprint density at radius 3 is 2.10 bits per heavy atom. The van der Waals surface area contributed by atoms with Gasteiger partial charge in [-0.1, -0.05) is 29.3 Å². The van der Waals surface area contributed by atoms with Crippen LogP contribution in [0.15, 0.2) is 36.4 Å². The molecule has 0 unspecified atom stereocenters. The average Bonchev–Trinajstić information content (AvgIpc) is 2.34. The molecule has 2 aromatic rings. The predicted octanol–water partition coefficient (Wildman–Crippen LogP) is 5.34. The lowest BCUT2D eigenvalue weighted by Crippen LogP contribution is -2.06. The van der Waals surface area contributed by atoms with Gasteiger partial charge in [0, 0.05) is 0 Å². The molecular formula is C13H9Cl2F3N2. The molecule has 2 aromatic carbocycles. The molecule has 2 rings (SSSR count). The summed E-state index contributed by atoms with van der Waals surface area (Å²) in [5, 5.41) is 3.52. The largest absolute Gasteiger partial charge is 0.416 e. The highest BCUT2D eigenvalue weighted by atomic mass is 35.5. The molecule has 7 heteroatoms. The summed E-state index contributed by atoms with van der Waals surface area (Å²) in [5.74, 6) is 0. The van der Waals surface area contributed by atoms with Gasteiger partial charge < -0.3 is 11.1 Å². The van der Waals surface area contributed by atoms with Crippen molar-refractivity contribution in [1.82, 2.24) is 0 Å². The van der Waals surface area contributed by atoms with Gasteiger partial charge in [0.15, 0.2) is 0 Å². The summed E-state index contributed by atoms with van der Waals surface area (Å²) in [6.45, 7) is 0. The van der Waals surface area contributed by atoms with Gasteiger partial charge in [-0.05, 0) is 30.3 Å². The fourth-order valence-corrected chi connectivity index (χ4v) is 2.10. The summed E-state index contributed by atoms with van der Waals surface area (Å²) < 4.78 is 37.6. The van der Waals surface area contributed by atoms with Crippen molar-refractivity contribution in [1.29, 1.82) is 0 Å². The first-order valence-electron chi connectivity index (χ1n) is 5.47. The van der Waals surface area contributed by atoms with Crippen LogP contribution in [0.25, 0.3) is 0 Å². The number of benzene rings is 2. The van der Waals surface area contributed by atoms with Crippen molar-refractivity contribution in [3.8, 4) is 0 Å². The van der Waals surface area contributed by atoms with Crippen LogP contribution in [0.1, 0.15) is 5.56 Å². The second-order valence-electron chi connectivity index (χ2n) is 4.02. The third-order valence-electron chi connectivity index (χ3n) is 2.60. The summed E-state index contributed by atoms with van der Waals surface area (Å²) in [4.78, 5) is 0. The fraction of sp³-hybridized carbons (Fsp3) is 0.0769. The average molecular weight is 321 g/mol. The molecule has 0 bridgehead atoms. The molecule has 106 valence electrons. The highest BCUT2D eigenvalue weighted by Gasteiger charge is 2.30. The molecule has 0 amide bonds. The highest BCUT2D eigenvalue weighted by molar-refractivity contribution is 6.39. The molecule has 0 aromatic heterocycles. The summed E-state index contributed by atoms with van der Waals surface area (Å²) in [6.07, 6.45) is -4.44. The Balaban J connectivity index is 2.36. The fourth-order valence-electron chi connectivity index (χ4n) is 1.60. The molecule has 0 aliphatic heterocycles. The lowest BCUT2D eigenvalue weighted by atomic mass is 10.1. The van der Waals surface area contributed by atoms with E-state index in [0.29, 0.717) is 21.4 Å². The van der Waals surface area contributed by atoms with Gasteiger partial charge in [0.1, 0.15) is 0 Å². The molecule has 0 heterocycles. The Bertz CT molecular complexity index is 622. The Morgan fingerprint density at radius 1 is 1.00 bits per heavy atom. The van der Waals surface area contributed by atoms with Crippen LogP contribution < -0.4 is 11.1 Å². The van der Waals surface area contributed by atoms with E-state index in [0.717, 1.165) is 12.1 Å². The minimum absolute atomic E-state index is 0.0455. The number of rotatable bonds is 2. The first-order valence-corrected chi connectivity index (χ1v) is 6.22. The number of nitrogens with two attached hydrogens (primary N) is 1. The lowest BCUT2D eigenvalue weighted by Gasteiger charge is -2.14. The highest BCUT2D eigenvalue weighted by Crippen LogP contribution is 2.37. The van der Waals surface area contributed by atoms with Crippen molar-refractivity contribution in [3.63, 3.8) is 0 Å². The monoisotopic (exact) mass is 320 g/mol. The Labute approximate surface area is 123 Å². The van der Waals surface area contributed by atoms with Gasteiger partial charge in [-0.2, -0.15) is 13.2 Å². The molecule has 20 heavy (non-hydrogen) atoms. The van der Waals surface area contributed by atoms with Crippen LogP contribution >= 0.6 is 23.2 Å². The molecule has 3 N–H and O–H groups in total. The number of nitrogen functional groups attached to an aromatic ring is 1. The van der Waals surface area contributed by atoms with Gasteiger partial charge in [-0.3, -0.25) is 0 Å². The van der Waals surface area contributed by atoms with Crippen LogP contribution in [-0.2, 0) is 6.18 Å². The number of alkyl halides is 3. The Kier molecular flexibility index (Phi) is 4.01. The lowest BCUT2D eigenvalue weighted by molar-refractivity contribution is -0.137. The number of anilines is 3. The van der Waals surface area contributed by atoms with Gasteiger partial charge in [-0.25, -0.2) is 0 Å². The Morgan fingerprint density at radius 2 is 1.60 bits per heavy atom. The van der Waals surface area contributed by atoms with E-state index in [2.05, 4.69) is 5.32 Å². The van der Waals surface area contributed by atoms with Gasteiger partial charge >= 0.3 is 6.18 Å². The molecule has 0 saturated carbocycles. The normalized spacial score (nSPS) is 11.4. The molecule has 0 radical (unpaired) electrons. The molecular weight excluding hydrogens is 312 g/mol. The molecule has 0 spiro atoms. The molecule has 0 atom stereocenters. The summed E-state index contributed by atoms with van der Waals surface area (Å²) in [7, 11) is 0. The van der Waals surface area contributed by atoms with Gasteiger partial charge in [0.25, 0.3) is 0 Å². The third-order valence-corrected chi connectivity index (χ3v) is 3.23. The van der Waals surface area contributed by atoms with E-state index in [9.17, 15) is 13.2 Å². The smallest absolute Gasteiger partial charge is 0.397 e. The van der Waals surface area contributed by atoms with Crippen LogP contribution in [0, 0.1) is 0 Å². The van der Waals surface area contributed by atoms with E-state index < -0.39 is 11.7 Å².